The summed E-state index contributed by atoms with van der Waals surface area (Å²) in [6.45, 7) is 0. The normalized spacial score (nSPS) is 10.4. The summed E-state index contributed by atoms with van der Waals surface area (Å²) in [7, 11) is 0. The molecule has 1 N–H and O–H groups in total. The molecule has 0 aliphatic heterocycles. The van der Waals surface area contributed by atoms with Gasteiger partial charge in [0.05, 0.1) is 6.20 Å². The number of carboxylic acid groups (broad SMARTS) is 1. The molecule has 0 fully saturated rings. The second kappa shape index (κ2) is 3.19. The first-order chi connectivity index (χ1) is 6.66. The highest BCUT2D eigenvalue weighted by molar-refractivity contribution is 6.28. The van der Waals surface area contributed by atoms with Crippen molar-refractivity contribution in [1.82, 2.24) is 4.98 Å². The van der Waals surface area contributed by atoms with Crippen molar-refractivity contribution in [3.8, 4) is 11.7 Å². The highest BCUT2D eigenvalue weighted by Crippen LogP contribution is 2.24. The van der Waals surface area contributed by atoms with Crippen molar-refractivity contribution in [1.29, 1.82) is 0 Å². The average molecular weight is 214 g/mol. The smallest absolute Gasteiger partial charge is 0.373 e. The molecule has 2 aromatic heterocycles. The van der Waals surface area contributed by atoms with Crippen LogP contribution in [0, 0.1) is 0 Å². The van der Waals surface area contributed by atoms with Crippen LogP contribution < -0.4 is 0 Å². The molecular formula is C8H4ClNO4. The molecule has 72 valence electrons. The quantitative estimate of drug-likeness (QED) is 0.828. The van der Waals surface area contributed by atoms with Gasteiger partial charge in [0.15, 0.2) is 11.0 Å². The van der Waals surface area contributed by atoms with Crippen molar-refractivity contribution >= 4 is 17.6 Å². The van der Waals surface area contributed by atoms with Gasteiger partial charge in [-0.15, -0.1) is 0 Å². The van der Waals surface area contributed by atoms with E-state index in [0.29, 0.717) is 5.76 Å². The molecule has 6 heteroatoms. The lowest BCUT2D eigenvalue weighted by Crippen LogP contribution is -1.91. The van der Waals surface area contributed by atoms with Crippen molar-refractivity contribution in [2.45, 2.75) is 0 Å². The molecule has 0 amide bonds. The molecule has 0 aromatic carbocycles. The zero-order valence-corrected chi connectivity index (χ0v) is 7.49. The Kier molecular flexibility index (Phi) is 2.01. The number of oxazole rings is 1. The van der Waals surface area contributed by atoms with Crippen LogP contribution in [0.2, 0.25) is 5.22 Å². The highest BCUT2D eigenvalue weighted by atomic mass is 35.5. The van der Waals surface area contributed by atoms with Crippen LogP contribution in [-0.4, -0.2) is 16.1 Å². The van der Waals surface area contributed by atoms with Gasteiger partial charge in [-0.05, 0) is 23.7 Å². The van der Waals surface area contributed by atoms with Crippen molar-refractivity contribution in [3.63, 3.8) is 0 Å². The minimum absolute atomic E-state index is 0.0919. The minimum atomic E-state index is -1.18. The summed E-state index contributed by atoms with van der Waals surface area (Å²) >= 11 is 5.53. The van der Waals surface area contributed by atoms with Gasteiger partial charge in [-0.25, -0.2) is 9.78 Å². The van der Waals surface area contributed by atoms with Crippen molar-refractivity contribution in [2.24, 2.45) is 0 Å². The van der Waals surface area contributed by atoms with Crippen LogP contribution in [0.4, 0.5) is 0 Å². The molecule has 0 aliphatic carbocycles. The molecule has 2 aromatic rings. The number of carbonyl (C=O) groups is 1. The third-order valence-corrected chi connectivity index (χ3v) is 1.70. The molecule has 0 aliphatic rings. The maximum Gasteiger partial charge on any atom is 0.373 e. The predicted octanol–water partition coefficient (Wildman–Crippen LogP) is 2.29. The predicted molar refractivity (Wildman–Crippen MR) is 46.2 cm³/mol. The van der Waals surface area contributed by atoms with Crippen LogP contribution >= 0.6 is 11.6 Å². The van der Waals surface area contributed by atoms with E-state index in [9.17, 15) is 4.79 Å². The molecule has 2 rings (SSSR count). The summed E-state index contributed by atoms with van der Waals surface area (Å²) in [4.78, 5) is 14.2. The van der Waals surface area contributed by atoms with Crippen LogP contribution in [0.25, 0.3) is 11.7 Å². The van der Waals surface area contributed by atoms with Gasteiger partial charge in [-0.2, -0.15) is 0 Å². The lowest BCUT2D eigenvalue weighted by atomic mass is 10.4. The van der Waals surface area contributed by atoms with E-state index in [-0.39, 0.29) is 16.9 Å². The van der Waals surface area contributed by atoms with E-state index >= 15 is 0 Å². The number of hydrogen-bond donors (Lipinski definition) is 1. The third-order valence-electron chi connectivity index (χ3n) is 1.50. The zero-order chi connectivity index (χ0) is 10.1. The number of rotatable bonds is 2. The molecular weight excluding hydrogens is 210 g/mol. The summed E-state index contributed by atoms with van der Waals surface area (Å²) in [6.07, 6.45) is 1.11. The molecule has 0 radical (unpaired) electrons. The Bertz CT molecular complexity index is 473. The van der Waals surface area contributed by atoms with E-state index in [2.05, 4.69) is 4.98 Å². The van der Waals surface area contributed by atoms with Gasteiger partial charge in [-0.1, -0.05) is 0 Å². The summed E-state index contributed by atoms with van der Waals surface area (Å²) in [5.41, 5.74) is 0. The molecule has 5 nitrogen and oxygen atoms in total. The largest absolute Gasteiger partial charge is 0.475 e. The van der Waals surface area contributed by atoms with E-state index in [1.807, 2.05) is 0 Å². The van der Waals surface area contributed by atoms with Crippen molar-refractivity contribution in [3.05, 3.63) is 29.3 Å². The van der Waals surface area contributed by atoms with Crippen LogP contribution in [-0.2, 0) is 0 Å². The zero-order valence-electron chi connectivity index (χ0n) is 6.73. The van der Waals surface area contributed by atoms with E-state index in [4.69, 9.17) is 25.5 Å². The fourth-order valence-electron chi connectivity index (χ4n) is 0.916. The highest BCUT2D eigenvalue weighted by Gasteiger charge is 2.14. The van der Waals surface area contributed by atoms with Gasteiger partial charge in [-0.3, -0.25) is 0 Å². The number of furan rings is 1. The van der Waals surface area contributed by atoms with E-state index < -0.39 is 5.97 Å². The molecule has 0 atom stereocenters. The lowest BCUT2D eigenvalue weighted by molar-refractivity contribution is 0.0663. The lowest BCUT2D eigenvalue weighted by Gasteiger charge is -1.86. The average Bonchev–Trinajstić information content (AvgIpc) is 2.70. The van der Waals surface area contributed by atoms with Crippen molar-refractivity contribution < 1.29 is 18.7 Å². The fourth-order valence-corrected chi connectivity index (χ4v) is 1.06. The molecule has 14 heavy (non-hydrogen) atoms. The minimum Gasteiger partial charge on any atom is -0.475 e. The van der Waals surface area contributed by atoms with Crippen LogP contribution in [0.1, 0.15) is 10.6 Å². The Hall–Kier alpha value is -1.75. The monoisotopic (exact) mass is 213 g/mol. The molecule has 2 heterocycles. The fraction of sp³-hybridized carbons (Fsp3) is 0. The summed E-state index contributed by atoms with van der Waals surface area (Å²) < 4.78 is 9.86. The standard InChI is InChI=1S/C8H4ClNO4/c9-6-2-1-4(13-6)7-10-3-5(14-7)8(11)12/h1-3H,(H,11,12). The van der Waals surface area contributed by atoms with E-state index in [1.165, 1.54) is 6.07 Å². The number of aromatic carboxylic acids is 1. The molecule has 0 unspecified atom stereocenters. The molecule has 0 bridgehead atoms. The van der Waals surface area contributed by atoms with Gasteiger partial charge in [0, 0.05) is 0 Å². The van der Waals surface area contributed by atoms with Gasteiger partial charge < -0.3 is 13.9 Å². The Morgan fingerprint density at radius 3 is 2.71 bits per heavy atom. The van der Waals surface area contributed by atoms with Crippen molar-refractivity contribution in [2.75, 3.05) is 0 Å². The van der Waals surface area contributed by atoms with Crippen LogP contribution in [0.5, 0.6) is 0 Å². The SMILES string of the molecule is O=C(O)c1cnc(-c2ccc(Cl)o2)o1. The molecule has 0 saturated carbocycles. The summed E-state index contributed by atoms with van der Waals surface area (Å²) in [5, 5.41) is 8.75. The first kappa shape index (κ1) is 8.83. The van der Waals surface area contributed by atoms with Gasteiger partial charge in [0.2, 0.25) is 5.76 Å². The summed E-state index contributed by atoms with van der Waals surface area (Å²) in [6, 6.07) is 3.06. The summed E-state index contributed by atoms with van der Waals surface area (Å²) in [5.74, 6) is -1.04. The number of aromatic nitrogens is 1. The second-order valence-electron chi connectivity index (χ2n) is 2.44. The maximum absolute atomic E-state index is 10.5. The number of carboxylic acids is 1. The Morgan fingerprint density at radius 2 is 2.21 bits per heavy atom. The number of halogens is 1. The topological polar surface area (TPSA) is 76.5 Å². The van der Waals surface area contributed by atoms with Crippen LogP contribution in [0.3, 0.4) is 0 Å². The Labute approximate surface area is 82.9 Å². The molecule has 0 spiro atoms. The molecule has 0 saturated heterocycles. The van der Waals surface area contributed by atoms with E-state index in [1.54, 1.807) is 6.07 Å². The Balaban J connectivity index is 2.38. The van der Waals surface area contributed by atoms with Crippen LogP contribution in [0.15, 0.2) is 27.2 Å². The van der Waals surface area contributed by atoms with Gasteiger partial charge in [0.25, 0.3) is 5.89 Å². The van der Waals surface area contributed by atoms with Gasteiger partial charge in [0.1, 0.15) is 0 Å². The van der Waals surface area contributed by atoms with Gasteiger partial charge >= 0.3 is 5.97 Å². The second-order valence-corrected chi connectivity index (χ2v) is 2.81. The first-order valence-corrected chi connectivity index (χ1v) is 3.99. The maximum atomic E-state index is 10.5. The first-order valence-electron chi connectivity index (χ1n) is 3.61. The Morgan fingerprint density at radius 1 is 1.43 bits per heavy atom. The third kappa shape index (κ3) is 1.49. The van der Waals surface area contributed by atoms with E-state index in [0.717, 1.165) is 6.20 Å². The number of nitrogens with zero attached hydrogens (tertiary/aromatic N) is 1. The number of hydrogen-bond acceptors (Lipinski definition) is 4.